The number of nitrogens with zero attached hydrogens (tertiary/aromatic N) is 6. The van der Waals surface area contributed by atoms with Gasteiger partial charge in [0.25, 0.3) is 0 Å². The van der Waals surface area contributed by atoms with E-state index in [2.05, 4.69) is 69.7 Å². The molecule has 0 aliphatic carbocycles. The van der Waals surface area contributed by atoms with E-state index in [1.165, 1.54) is 11.4 Å². The van der Waals surface area contributed by atoms with Crippen LogP contribution < -0.4 is 0 Å². The molecule has 0 aromatic carbocycles. The van der Waals surface area contributed by atoms with Gasteiger partial charge in [-0.15, -0.1) is 24.8 Å². The molecule has 0 bridgehead atoms. The highest BCUT2D eigenvalue weighted by Gasteiger charge is 2.14. The first-order valence-electron chi connectivity index (χ1n) is 9.89. The summed E-state index contributed by atoms with van der Waals surface area (Å²) in [5, 5.41) is 8.88. The lowest BCUT2D eigenvalue weighted by atomic mass is 10.3. The predicted molar refractivity (Wildman–Crippen MR) is 126 cm³/mol. The summed E-state index contributed by atoms with van der Waals surface area (Å²) in [6.45, 7) is 15.4. The van der Waals surface area contributed by atoms with Crippen LogP contribution in [0.1, 0.15) is 22.8 Å². The van der Waals surface area contributed by atoms with E-state index in [1.54, 1.807) is 0 Å². The largest absolute Gasteiger partial charge is 0.290 e. The molecule has 1 aliphatic heterocycles. The minimum atomic E-state index is 0. The van der Waals surface area contributed by atoms with Gasteiger partial charge in [-0.2, -0.15) is 10.2 Å². The minimum absolute atomic E-state index is 0. The average molecular weight is 451 g/mol. The number of aryl methyl sites for hydroxylation is 4. The third kappa shape index (κ3) is 7.70. The molecule has 164 valence electrons. The van der Waals surface area contributed by atoms with E-state index in [9.17, 15) is 0 Å². The molecule has 1 aliphatic rings. The Morgan fingerprint density at radius 3 is 1.27 bits per heavy atom. The van der Waals surface area contributed by atoms with Gasteiger partial charge in [0.1, 0.15) is 13.1 Å². The summed E-state index contributed by atoms with van der Waals surface area (Å²) in [7, 11) is 0. The van der Waals surface area contributed by atoms with Crippen molar-refractivity contribution in [3.8, 4) is 23.7 Å². The lowest BCUT2D eigenvalue weighted by Crippen LogP contribution is -2.46. The van der Waals surface area contributed by atoms with Crippen molar-refractivity contribution in [2.75, 3.05) is 39.3 Å². The summed E-state index contributed by atoms with van der Waals surface area (Å²) in [4.78, 5) is 4.82. The molecular formula is C22H32Cl2N6. The Balaban J connectivity index is 0.00000225. The molecule has 8 heteroatoms. The van der Waals surface area contributed by atoms with Crippen molar-refractivity contribution in [1.29, 1.82) is 0 Å². The first kappa shape index (κ1) is 26.1. The van der Waals surface area contributed by atoms with Crippen molar-refractivity contribution in [3.63, 3.8) is 0 Å². The molecular weight excluding hydrogens is 419 g/mol. The number of hydrogen-bond acceptors (Lipinski definition) is 4. The number of rotatable bonds is 4. The lowest BCUT2D eigenvalue weighted by Gasteiger charge is -2.32. The van der Waals surface area contributed by atoms with Crippen LogP contribution in [0.2, 0.25) is 0 Å². The molecule has 0 amide bonds. The molecule has 0 radical (unpaired) electrons. The molecule has 0 saturated carbocycles. The summed E-state index contributed by atoms with van der Waals surface area (Å²) in [5.41, 5.74) is 4.43. The van der Waals surface area contributed by atoms with Gasteiger partial charge in [0.15, 0.2) is 0 Å². The van der Waals surface area contributed by atoms with Gasteiger partial charge in [-0.25, -0.2) is 0 Å². The van der Waals surface area contributed by atoms with Crippen molar-refractivity contribution < 1.29 is 0 Å². The summed E-state index contributed by atoms with van der Waals surface area (Å²) in [6.07, 6.45) is 0. The molecule has 1 saturated heterocycles. The molecule has 6 nitrogen and oxygen atoms in total. The van der Waals surface area contributed by atoms with Crippen LogP contribution in [0.15, 0.2) is 12.1 Å². The molecule has 3 rings (SSSR count). The maximum absolute atomic E-state index is 4.44. The predicted octanol–water partition coefficient (Wildman–Crippen LogP) is 2.48. The van der Waals surface area contributed by atoms with Gasteiger partial charge in [-0.3, -0.25) is 19.2 Å². The molecule has 0 atom stereocenters. The Bertz CT molecular complexity index is 841. The van der Waals surface area contributed by atoms with E-state index in [4.69, 9.17) is 0 Å². The maximum Gasteiger partial charge on any atom is 0.102 e. The van der Waals surface area contributed by atoms with E-state index < -0.39 is 0 Å². The molecule has 2 aromatic rings. The SMILES string of the molecule is Cc1cc(C)n(CC#CCN2CCN(CC#CCn3nc(C)cc3C)CC2)n1.Cl.Cl. The highest BCUT2D eigenvalue weighted by molar-refractivity contribution is 5.85. The molecule has 0 spiro atoms. The molecule has 30 heavy (non-hydrogen) atoms. The smallest absolute Gasteiger partial charge is 0.102 e. The van der Waals surface area contributed by atoms with Crippen LogP contribution in [0.25, 0.3) is 0 Å². The Labute approximate surface area is 192 Å². The quantitative estimate of drug-likeness (QED) is 0.670. The van der Waals surface area contributed by atoms with Gasteiger partial charge in [0, 0.05) is 37.6 Å². The van der Waals surface area contributed by atoms with E-state index in [-0.39, 0.29) is 24.8 Å². The van der Waals surface area contributed by atoms with Crippen molar-refractivity contribution in [2.45, 2.75) is 40.8 Å². The molecule has 1 fully saturated rings. The van der Waals surface area contributed by atoms with Crippen molar-refractivity contribution in [1.82, 2.24) is 29.4 Å². The molecule has 2 aromatic heterocycles. The van der Waals surface area contributed by atoms with Crippen LogP contribution in [0.3, 0.4) is 0 Å². The van der Waals surface area contributed by atoms with Crippen molar-refractivity contribution in [3.05, 3.63) is 34.9 Å². The zero-order valence-corrected chi connectivity index (χ0v) is 19.9. The van der Waals surface area contributed by atoms with Gasteiger partial charge in [0.2, 0.25) is 0 Å². The number of halogens is 2. The topological polar surface area (TPSA) is 42.1 Å². The maximum atomic E-state index is 4.44. The summed E-state index contributed by atoms with van der Waals surface area (Å²) in [5.74, 6) is 13.1. The first-order chi connectivity index (χ1) is 13.5. The van der Waals surface area contributed by atoms with Crippen LogP contribution in [0.4, 0.5) is 0 Å². The minimum Gasteiger partial charge on any atom is -0.290 e. The molecule has 3 heterocycles. The fourth-order valence-electron chi connectivity index (χ4n) is 3.37. The van der Waals surface area contributed by atoms with Gasteiger partial charge in [-0.05, 0) is 39.8 Å². The van der Waals surface area contributed by atoms with Gasteiger partial charge >= 0.3 is 0 Å². The Hall–Kier alpha value is -1.96. The lowest BCUT2D eigenvalue weighted by molar-refractivity contribution is 0.157. The second-order valence-electron chi connectivity index (χ2n) is 7.43. The van der Waals surface area contributed by atoms with E-state index in [0.29, 0.717) is 13.1 Å². The summed E-state index contributed by atoms with van der Waals surface area (Å²) in [6, 6.07) is 4.17. The van der Waals surface area contributed by atoms with E-state index in [0.717, 1.165) is 50.7 Å². The Kier molecular flexibility index (Phi) is 11.0. The van der Waals surface area contributed by atoms with Crippen molar-refractivity contribution in [2.24, 2.45) is 0 Å². The zero-order valence-electron chi connectivity index (χ0n) is 18.3. The molecule has 0 unspecified atom stereocenters. The van der Waals surface area contributed by atoms with E-state index >= 15 is 0 Å². The van der Waals surface area contributed by atoms with Crippen molar-refractivity contribution >= 4 is 24.8 Å². The second kappa shape index (κ2) is 12.7. The highest BCUT2D eigenvalue weighted by Crippen LogP contribution is 2.02. The monoisotopic (exact) mass is 450 g/mol. The third-order valence-electron chi connectivity index (χ3n) is 4.98. The summed E-state index contributed by atoms with van der Waals surface area (Å²) >= 11 is 0. The third-order valence-corrected chi connectivity index (χ3v) is 4.98. The van der Waals surface area contributed by atoms with Crippen LogP contribution in [0.5, 0.6) is 0 Å². The van der Waals surface area contributed by atoms with Crippen LogP contribution in [-0.4, -0.2) is 68.6 Å². The standard InChI is InChI=1S/C22H30N6.2ClH/c1-19-17-21(3)27(23-19)11-7-5-9-25-13-15-26(16-14-25)10-6-8-12-28-22(4)18-20(2)24-28;;/h17-18H,9-16H2,1-4H3;2*1H. The van der Waals surface area contributed by atoms with Gasteiger partial charge < -0.3 is 0 Å². The number of piperazine rings is 1. The normalized spacial score (nSPS) is 14.0. The Morgan fingerprint density at radius 2 is 0.967 bits per heavy atom. The zero-order chi connectivity index (χ0) is 19.9. The van der Waals surface area contributed by atoms with Crippen LogP contribution in [0, 0.1) is 51.4 Å². The van der Waals surface area contributed by atoms with Gasteiger partial charge in [-0.1, -0.05) is 23.7 Å². The van der Waals surface area contributed by atoms with Crippen LogP contribution in [-0.2, 0) is 13.1 Å². The van der Waals surface area contributed by atoms with E-state index in [1.807, 2.05) is 23.2 Å². The number of hydrogen-bond donors (Lipinski definition) is 0. The fourth-order valence-corrected chi connectivity index (χ4v) is 3.37. The van der Waals surface area contributed by atoms with Gasteiger partial charge in [0.05, 0.1) is 24.5 Å². The highest BCUT2D eigenvalue weighted by atomic mass is 35.5. The summed E-state index contributed by atoms with van der Waals surface area (Å²) < 4.78 is 3.93. The second-order valence-corrected chi connectivity index (χ2v) is 7.43. The Morgan fingerprint density at radius 1 is 0.633 bits per heavy atom. The number of aromatic nitrogens is 4. The van der Waals surface area contributed by atoms with Crippen LogP contribution >= 0.6 is 24.8 Å². The fraction of sp³-hybridized carbons (Fsp3) is 0.545. The molecule has 0 N–H and O–H groups in total. The average Bonchev–Trinajstić information content (AvgIpc) is 3.16. The first-order valence-corrected chi connectivity index (χ1v) is 9.89.